The molecule has 0 radical (unpaired) electrons. The summed E-state index contributed by atoms with van der Waals surface area (Å²) in [6, 6.07) is 0. The van der Waals surface area contributed by atoms with Crippen LogP contribution in [-0.2, 0) is 13.6 Å². The van der Waals surface area contributed by atoms with E-state index in [0.717, 1.165) is 25.9 Å². The summed E-state index contributed by atoms with van der Waals surface area (Å²) in [4.78, 5) is 0. The van der Waals surface area contributed by atoms with Crippen molar-refractivity contribution in [2.75, 3.05) is 26.4 Å². The molecule has 0 amide bonds. The highest BCUT2D eigenvalue weighted by atomic mass is 31.2. The van der Waals surface area contributed by atoms with Crippen LogP contribution in [0.15, 0.2) is 0 Å². The van der Waals surface area contributed by atoms with Crippen LogP contribution < -0.4 is 5.32 Å². The lowest BCUT2D eigenvalue weighted by Gasteiger charge is -2.25. The highest BCUT2D eigenvalue weighted by molar-refractivity contribution is 7.53. The Balaban J connectivity index is 1.88. The maximum atomic E-state index is 12.1. The summed E-state index contributed by atoms with van der Waals surface area (Å²) >= 11 is 0. The predicted molar refractivity (Wildman–Crippen MR) is 108 cm³/mol. The van der Waals surface area contributed by atoms with Crippen molar-refractivity contribution in [3.05, 3.63) is 0 Å². The van der Waals surface area contributed by atoms with E-state index in [0.29, 0.717) is 6.61 Å². The van der Waals surface area contributed by atoms with Crippen molar-refractivity contribution in [2.45, 2.75) is 103 Å². The molecule has 0 aromatic carbocycles. The van der Waals surface area contributed by atoms with E-state index < -0.39 is 7.60 Å². The van der Waals surface area contributed by atoms with Crippen LogP contribution in [0.5, 0.6) is 0 Å². The minimum Gasteiger partial charge on any atom is -0.312 e. The largest absolute Gasteiger partial charge is 0.327 e. The van der Waals surface area contributed by atoms with Gasteiger partial charge in [-0.05, 0) is 6.42 Å². The molecule has 0 spiro atoms. The van der Waals surface area contributed by atoms with Crippen LogP contribution in [0.25, 0.3) is 0 Å². The molecule has 0 aromatic rings. The fourth-order valence-electron chi connectivity index (χ4n) is 3.43. The Hall–Kier alpha value is 0.110. The third kappa shape index (κ3) is 13.9. The van der Waals surface area contributed by atoms with Crippen LogP contribution in [-0.4, -0.2) is 32.5 Å². The quantitative estimate of drug-likeness (QED) is 0.286. The molecule has 1 N–H and O–H groups in total. The van der Waals surface area contributed by atoms with Crippen LogP contribution in [0.1, 0.15) is 96.8 Å². The number of nitrogens with one attached hydrogen (secondary N) is 1. The van der Waals surface area contributed by atoms with Crippen molar-refractivity contribution < 1.29 is 13.6 Å². The lowest BCUT2D eigenvalue weighted by molar-refractivity contribution is 0.123. The summed E-state index contributed by atoms with van der Waals surface area (Å²) in [7, 11) is -2.84. The molecule has 1 rings (SSSR count). The molecule has 1 saturated heterocycles. The first-order chi connectivity index (χ1) is 12.1. The second-order valence-corrected chi connectivity index (χ2v) is 9.58. The first kappa shape index (κ1) is 23.1. The Morgan fingerprint density at radius 3 is 1.96 bits per heavy atom. The second kappa shape index (κ2) is 15.2. The molecule has 25 heavy (non-hydrogen) atoms. The lowest BCUT2D eigenvalue weighted by Crippen LogP contribution is -2.33. The average molecular weight is 376 g/mol. The molecule has 1 aliphatic heterocycles. The molecule has 2 atom stereocenters. The molecule has 4 nitrogen and oxygen atoms in total. The predicted octanol–water partition coefficient (Wildman–Crippen LogP) is 6.30. The van der Waals surface area contributed by atoms with Gasteiger partial charge in [-0.15, -0.1) is 0 Å². The molecule has 1 fully saturated rings. The van der Waals surface area contributed by atoms with Gasteiger partial charge in [0.1, 0.15) is 0 Å². The van der Waals surface area contributed by atoms with Crippen molar-refractivity contribution in [1.82, 2.24) is 5.32 Å². The summed E-state index contributed by atoms with van der Waals surface area (Å²) in [5, 5.41) is 3.30. The fourth-order valence-corrected chi connectivity index (χ4v) is 4.64. The van der Waals surface area contributed by atoms with Crippen molar-refractivity contribution in [3.63, 3.8) is 0 Å². The zero-order valence-electron chi connectivity index (χ0n) is 16.8. The van der Waals surface area contributed by atoms with Gasteiger partial charge in [0.05, 0.1) is 12.7 Å². The minimum atomic E-state index is -2.84. The molecule has 5 heteroatoms. The zero-order chi connectivity index (χ0) is 18.2. The minimum absolute atomic E-state index is 0.0313. The maximum absolute atomic E-state index is 12.1. The Kier molecular flexibility index (Phi) is 14.1. The van der Waals surface area contributed by atoms with E-state index in [9.17, 15) is 4.57 Å². The van der Waals surface area contributed by atoms with E-state index >= 15 is 0 Å². The third-order valence-electron chi connectivity index (χ3n) is 4.95. The molecule has 0 aliphatic carbocycles. The van der Waals surface area contributed by atoms with Crippen molar-refractivity contribution in [3.8, 4) is 0 Å². The summed E-state index contributed by atoms with van der Waals surface area (Å²) in [5.74, 6) is 0. The van der Waals surface area contributed by atoms with E-state index in [4.69, 9.17) is 9.05 Å². The van der Waals surface area contributed by atoms with Gasteiger partial charge in [0.25, 0.3) is 0 Å². The highest BCUT2D eigenvalue weighted by Gasteiger charge is 2.24. The van der Waals surface area contributed by atoms with Gasteiger partial charge in [-0.3, -0.25) is 4.57 Å². The van der Waals surface area contributed by atoms with Crippen molar-refractivity contribution in [2.24, 2.45) is 0 Å². The summed E-state index contributed by atoms with van der Waals surface area (Å²) in [6.07, 6.45) is 18.8. The monoisotopic (exact) mass is 375 g/mol. The number of hydrogen-bond donors (Lipinski definition) is 1. The highest BCUT2D eigenvalue weighted by Crippen LogP contribution is 2.45. The van der Waals surface area contributed by atoms with E-state index in [1.165, 1.54) is 77.0 Å². The SMILES string of the molecule is CCCCCCCCCCCCCCC[C@H]1CNCCO[P@@](C)(=O)O1. The standard InChI is InChI=1S/C20H42NO3P/c1-3-4-5-6-7-8-9-10-11-12-13-14-15-16-20-19-21-17-18-23-25(2,22)24-20/h20-21H,3-19H2,1-2H3/t20-,25+/m0/s1. The molecule has 0 unspecified atom stereocenters. The van der Waals surface area contributed by atoms with Gasteiger partial charge in [-0.1, -0.05) is 90.4 Å². The van der Waals surface area contributed by atoms with Crippen LogP contribution in [0.3, 0.4) is 0 Å². The fraction of sp³-hybridized carbons (Fsp3) is 1.00. The van der Waals surface area contributed by atoms with Gasteiger partial charge in [0.15, 0.2) is 0 Å². The van der Waals surface area contributed by atoms with Gasteiger partial charge >= 0.3 is 7.60 Å². The Labute approximate surface area is 156 Å². The first-order valence-corrected chi connectivity index (χ1v) is 12.7. The molecular weight excluding hydrogens is 333 g/mol. The van der Waals surface area contributed by atoms with E-state index in [-0.39, 0.29) is 6.10 Å². The molecule has 0 aromatic heterocycles. The van der Waals surface area contributed by atoms with Crippen LogP contribution in [0.4, 0.5) is 0 Å². The number of rotatable bonds is 14. The number of hydrogen-bond acceptors (Lipinski definition) is 4. The van der Waals surface area contributed by atoms with Gasteiger partial charge < -0.3 is 14.4 Å². The third-order valence-corrected chi connectivity index (χ3v) is 6.28. The normalized spacial score (nSPS) is 24.8. The smallest absolute Gasteiger partial charge is 0.312 e. The van der Waals surface area contributed by atoms with Gasteiger partial charge in [-0.25, -0.2) is 0 Å². The maximum Gasteiger partial charge on any atom is 0.327 e. The van der Waals surface area contributed by atoms with Gasteiger partial charge in [0, 0.05) is 19.8 Å². The van der Waals surface area contributed by atoms with E-state index in [2.05, 4.69) is 12.2 Å². The van der Waals surface area contributed by atoms with Crippen LogP contribution in [0, 0.1) is 0 Å². The molecule has 1 heterocycles. The Morgan fingerprint density at radius 1 is 0.880 bits per heavy atom. The van der Waals surface area contributed by atoms with E-state index in [1.807, 2.05) is 0 Å². The Morgan fingerprint density at radius 2 is 1.40 bits per heavy atom. The van der Waals surface area contributed by atoms with Crippen molar-refractivity contribution in [1.29, 1.82) is 0 Å². The topological polar surface area (TPSA) is 47.6 Å². The molecule has 0 bridgehead atoms. The van der Waals surface area contributed by atoms with Crippen molar-refractivity contribution >= 4 is 7.60 Å². The number of unbranched alkanes of at least 4 members (excludes halogenated alkanes) is 12. The van der Waals surface area contributed by atoms with Gasteiger partial charge in [0.2, 0.25) is 0 Å². The lowest BCUT2D eigenvalue weighted by atomic mass is 10.0. The zero-order valence-corrected chi connectivity index (χ0v) is 17.7. The first-order valence-electron chi connectivity index (χ1n) is 10.8. The second-order valence-electron chi connectivity index (χ2n) is 7.57. The molecule has 150 valence electrons. The average Bonchev–Trinajstić information content (AvgIpc) is 2.56. The molecule has 1 aliphatic rings. The van der Waals surface area contributed by atoms with Crippen LogP contribution >= 0.6 is 7.60 Å². The summed E-state index contributed by atoms with van der Waals surface area (Å²) < 4.78 is 23.0. The Bertz CT molecular complexity index is 352. The molecule has 0 saturated carbocycles. The summed E-state index contributed by atoms with van der Waals surface area (Å²) in [6.45, 7) is 5.89. The van der Waals surface area contributed by atoms with Gasteiger partial charge in [-0.2, -0.15) is 0 Å². The summed E-state index contributed by atoms with van der Waals surface area (Å²) in [5.41, 5.74) is 0. The van der Waals surface area contributed by atoms with Crippen LogP contribution in [0.2, 0.25) is 0 Å². The molecular formula is C20H42NO3P. The van der Waals surface area contributed by atoms with E-state index in [1.54, 1.807) is 6.66 Å².